The molecule has 0 unspecified atom stereocenters. The summed E-state index contributed by atoms with van der Waals surface area (Å²) in [5.74, 6) is 5.43. The van der Waals surface area contributed by atoms with E-state index in [9.17, 15) is 4.79 Å². The van der Waals surface area contributed by atoms with Gasteiger partial charge in [-0.15, -0.1) is 0 Å². The quantitative estimate of drug-likeness (QED) is 0.496. The lowest BCUT2D eigenvalue weighted by Crippen LogP contribution is -2.35. The van der Waals surface area contributed by atoms with E-state index in [1.807, 2.05) is 12.1 Å². The molecule has 0 atom stereocenters. The van der Waals surface area contributed by atoms with E-state index < -0.39 is 0 Å². The Bertz CT molecular complexity index is 488. The van der Waals surface area contributed by atoms with Gasteiger partial charge in [-0.1, -0.05) is 35.3 Å². The molecule has 0 bridgehead atoms. The van der Waals surface area contributed by atoms with Crippen LogP contribution in [0.5, 0.6) is 0 Å². The third-order valence-electron chi connectivity index (χ3n) is 4.05. The first-order valence-corrected chi connectivity index (χ1v) is 8.03. The monoisotopic (exact) mass is 329 g/mol. The van der Waals surface area contributed by atoms with Crippen molar-refractivity contribution >= 4 is 29.1 Å². The molecule has 1 aromatic rings. The highest BCUT2D eigenvalue weighted by Gasteiger charge is 2.22. The van der Waals surface area contributed by atoms with Crippen LogP contribution in [-0.2, 0) is 4.79 Å². The zero-order valence-corrected chi connectivity index (χ0v) is 13.5. The van der Waals surface area contributed by atoms with Gasteiger partial charge in [0, 0.05) is 6.42 Å². The van der Waals surface area contributed by atoms with E-state index in [0.29, 0.717) is 22.4 Å². The van der Waals surface area contributed by atoms with Gasteiger partial charge in [-0.25, -0.2) is 5.84 Å². The fraction of sp³-hybridized carbons (Fsp3) is 0.533. The molecule has 1 saturated heterocycles. The molecule has 1 aliphatic rings. The lowest BCUT2D eigenvalue weighted by Gasteiger charge is -2.32. The minimum absolute atomic E-state index is 0.101. The molecule has 1 aromatic carbocycles. The Morgan fingerprint density at radius 3 is 2.71 bits per heavy atom. The normalized spacial score (nSPS) is 16.9. The molecule has 2 rings (SSSR count). The smallest absolute Gasteiger partial charge is 0.233 e. The van der Waals surface area contributed by atoms with Crippen LogP contribution in [0.25, 0.3) is 0 Å². The summed E-state index contributed by atoms with van der Waals surface area (Å²) in [5.41, 5.74) is 3.32. The summed E-state index contributed by atoms with van der Waals surface area (Å²) < 4.78 is 0. The molecule has 0 aliphatic carbocycles. The number of likely N-dealkylation sites (tertiary alicyclic amines) is 1. The highest BCUT2D eigenvalue weighted by atomic mass is 35.5. The molecule has 0 saturated carbocycles. The van der Waals surface area contributed by atoms with E-state index in [0.717, 1.165) is 44.5 Å². The van der Waals surface area contributed by atoms with E-state index in [4.69, 9.17) is 29.0 Å². The van der Waals surface area contributed by atoms with Gasteiger partial charge < -0.3 is 4.90 Å². The standard InChI is InChI=1S/C15H21Cl2N3O/c16-13-4-1-3-12(15(13)17)11-6-9-20(10-7-11)8-2-5-14(21)19-18/h1,3-4,11H,2,5-10,18H2,(H,19,21). The molecule has 116 valence electrons. The summed E-state index contributed by atoms with van der Waals surface area (Å²) in [6, 6.07) is 5.85. The fourth-order valence-electron chi connectivity index (χ4n) is 2.84. The lowest BCUT2D eigenvalue weighted by atomic mass is 9.89. The molecule has 0 aromatic heterocycles. The number of nitrogens with zero attached hydrogens (tertiary/aromatic N) is 1. The molecule has 1 fully saturated rings. The number of nitrogens with one attached hydrogen (secondary N) is 1. The zero-order valence-electron chi connectivity index (χ0n) is 11.9. The average molecular weight is 330 g/mol. The number of hydrogen-bond donors (Lipinski definition) is 2. The van der Waals surface area contributed by atoms with Gasteiger partial charge in [0.05, 0.1) is 10.0 Å². The first-order chi connectivity index (χ1) is 10.1. The van der Waals surface area contributed by atoms with Crippen molar-refractivity contribution in [2.45, 2.75) is 31.6 Å². The Hall–Kier alpha value is -0.810. The van der Waals surface area contributed by atoms with Gasteiger partial charge in [0.1, 0.15) is 0 Å². The van der Waals surface area contributed by atoms with Crippen LogP contribution < -0.4 is 11.3 Å². The van der Waals surface area contributed by atoms with Gasteiger partial charge in [-0.3, -0.25) is 10.2 Å². The number of piperidine rings is 1. The number of nitrogens with two attached hydrogens (primary N) is 1. The molecule has 4 nitrogen and oxygen atoms in total. The van der Waals surface area contributed by atoms with Gasteiger partial charge in [0.15, 0.2) is 0 Å². The van der Waals surface area contributed by atoms with Crippen molar-refractivity contribution in [1.82, 2.24) is 10.3 Å². The Morgan fingerprint density at radius 2 is 2.05 bits per heavy atom. The summed E-state index contributed by atoms with van der Waals surface area (Å²) in [5, 5.41) is 1.32. The molecule has 1 amide bonds. The van der Waals surface area contributed by atoms with Crippen molar-refractivity contribution in [3.8, 4) is 0 Å². The Kier molecular flexibility index (Phi) is 6.30. The first-order valence-electron chi connectivity index (χ1n) is 7.27. The number of hydrazine groups is 1. The number of carbonyl (C=O) groups is 1. The Labute approximate surface area is 135 Å². The number of benzene rings is 1. The van der Waals surface area contributed by atoms with E-state index >= 15 is 0 Å². The lowest BCUT2D eigenvalue weighted by molar-refractivity contribution is -0.121. The molecule has 21 heavy (non-hydrogen) atoms. The molecule has 0 spiro atoms. The van der Waals surface area contributed by atoms with Crippen molar-refractivity contribution in [2.24, 2.45) is 5.84 Å². The second-order valence-electron chi connectivity index (χ2n) is 5.43. The van der Waals surface area contributed by atoms with Crippen LogP contribution >= 0.6 is 23.2 Å². The molecular formula is C15H21Cl2N3O. The van der Waals surface area contributed by atoms with Crippen LogP contribution in [0, 0.1) is 0 Å². The summed E-state index contributed by atoms with van der Waals surface area (Å²) in [4.78, 5) is 13.5. The van der Waals surface area contributed by atoms with Crippen molar-refractivity contribution in [3.63, 3.8) is 0 Å². The number of hydrogen-bond acceptors (Lipinski definition) is 3. The summed E-state index contributed by atoms with van der Waals surface area (Å²) in [6.45, 7) is 2.99. The van der Waals surface area contributed by atoms with Crippen molar-refractivity contribution in [3.05, 3.63) is 33.8 Å². The average Bonchev–Trinajstić information content (AvgIpc) is 2.51. The largest absolute Gasteiger partial charge is 0.303 e. The highest BCUT2D eigenvalue weighted by Crippen LogP contribution is 2.36. The Morgan fingerprint density at radius 1 is 1.33 bits per heavy atom. The van der Waals surface area contributed by atoms with E-state index in [1.165, 1.54) is 0 Å². The third kappa shape index (κ3) is 4.58. The van der Waals surface area contributed by atoms with Crippen LogP contribution in [0.15, 0.2) is 18.2 Å². The van der Waals surface area contributed by atoms with Gasteiger partial charge >= 0.3 is 0 Å². The van der Waals surface area contributed by atoms with Crippen molar-refractivity contribution < 1.29 is 4.79 Å². The van der Waals surface area contributed by atoms with Crippen LogP contribution in [0.1, 0.15) is 37.2 Å². The van der Waals surface area contributed by atoms with Gasteiger partial charge in [-0.2, -0.15) is 0 Å². The number of rotatable bonds is 5. The molecule has 6 heteroatoms. The number of carbonyl (C=O) groups excluding carboxylic acids is 1. The van der Waals surface area contributed by atoms with E-state index in [1.54, 1.807) is 0 Å². The van der Waals surface area contributed by atoms with Gasteiger partial charge in [0.25, 0.3) is 0 Å². The first kappa shape index (κ1) is 16.6. The van der Waals surface area contributed by atoms with Crippen LogP contribution in [0.2, 0.25) is 10.0 Å². The predicted molar refractivity (Wildman–Crippen MR) is 86.4 cm³/mol. The summed E-state index contributed by atoms with van der Waals surface area (Å²) >= 11 is 12.4. The van der Waals surface area contributed by atoms with Crippen molar-refractivity contribution in [1.29, 1.82) is 0 Å². The Balaban J connectivity index is 1.80. The third-order valence-corrected chi connectivity index (χ3v) is 4.88. The van der Waals surface area contributed by atoms with Gasteiger partial charge in [-0.05, 0) is 56.4 Å². The minimum Gasteiger partial charge on any atom is -0.303 e. The van der Waals surface area contributed by atoms with E-state index in [-0.39, 0.29) is 5.91 Å². The maximum Gasteiger partial charge on any atom is 0.233 e. The predicted octanol–water partition coefficient (Wildman–Crippen LogP) is 2.94. The summed E-state index contributed by atoms with van der Waals surface area (Å²) in [6.07, 6.45) is 3.47. The number of halogens is 2. The minimum atomic E-state index is -0.101. The van der Waals surface area contributed by atoms with Crippen LogP contribution in [0.4, 0.5) is 0 Å². The van der Waals surface area contributed by atoms with Gasteiger partial charge in [0.2, 0.25) is 5.91 Å². The summed E-state index contributed by atoms with van der Waals surface area (Å²) in [7, 11) is 0. The van der Waals surface area contributed by atoms with Crippen LogP contribution in [0.3, 0.4) is 0 Å². The second-order valence-corrected chi connectivity index (χ2v) is 6.22. The SMILES string of the molecule is NNC(=O)CCCN1CCC(c2cccc(Cl)c2Cl)CC1. The van der Waals surface area contributed by atoms with Crippen LogP contribution in [-0.4, -0.2) is 30.4 Å². The highest BCUT2D eigenvalue weighted by molar-refractivity contribution is 6.42. The topological polar surface area (TPSA) is 58.4 Å². The zero-order chi connectivity index (χ0) is 15.2. The van der Waals surface area contributed by atoms with Crippen molar-refractivity contribution in [2.75, 3.05) is 19.6 Å². The maximum absolute atomic E-state index is 11.1. The fourth-order valence-corrected chi connectivity index (χ4v) is 3.30. The molecular weight excluding hydrogens is 309 g/mol. The molecule has 1 aliphatic heterocycles. The molecule has 0 radical (unpaired) electrons. The second kappa shape index (κ2) is 7.99. The maximum atomic E-state index is 11.1. The molecule has 1 heterocycles. The molecule has 3 N–H and O–H groups in total. The number of amides is 1. The van der Waals surface area contributed by atoms with E-state index in [2.05, 4.69) is 16.4 Å².